The molecule has 7 nitrogen and oxygen atoms in total. The van der Waals surface area contributed by atoms with Gasteiger partial charge in [0.25, 0.3) is 0 Å². The number of ether oxygens (including phenoxy) is 1. The number of nitrogens with one attached hydrogen (secondary N) is 1. The summed E-state index contributed by atoms with van der Waals surface area (Å²) in [5.74, 6) is -0.567. The van der Waals surface area contributed by atoms with E-state index < -0.39 is 12.0 Å². The fourth-order valence-corrected chi connectivity index (χ4v) is 1.97. The highest BCUT2D eigenvalue weighted by Crippen LogP contribution is 2.18. The summed E-state index contributed by atoms with van der Waals surface area (Å²) >= 11 is 6.81. The highest BCUT2D eigenvalue weighted by molar-refractivity contribution is 7.10. The van der Waals surface area contributed by atoms with Gasteiger partial charge in [-0.1, -0.05) is 22.2 Å². The molecule has 0 unspecified atom stereocenters. The lowest BCUT2D eigenvalue weighted by atomic mass is 10.2. The molecule has 0 aliphatic carbocycles. The van der Waals surface area contributed by atoms with Crippen LogP contribution in [-0.2, 0) is 11.3 Å². The van der Waals surface area contributed by atoms with E-state index in [4.69, 9.17) is 22.1 Å². The maximum absolute atomic E-state index is 11.8. The van der Waals surface area contributed by atoms with Crippen molar-refractivity contribution in [2.45, 2.75) is 6.61 Å². The Morgan fingerprint density at radius 3 is 2.90 bits per heavy atom. The molecule has 0 atom stereocenters. The van der Waals surface area contributed by atoms with Gasteiger partial charge in [0.1, 0.15) is 16.6 Å². The third-order valence-corrected chi connectivity index (χ3v) is 3.20. The smallest absolute Gasteiger partial charge is 0.338 e. The monoisotopic (exact) mass is 312 g/mol. The van der Waals surface area contributed by atoms with Gasteiger partial charge in [-0.2, -0.15) is 0 Å². The molecule has 1 heterocycles. The van der Waals surface area contributed by atoms with Gasteiger partial charge < -0.3 is 15.8 Å². The van der Waals surface area contributed by atoms with Gasteiger partial charge in [-0.3, -0.25) is 0 Å². The topological polar surface area (TPSA) is 107 Å². The van der Waals surface area contributed by atoms with Crippen LogP contribution in [-0.4, -0.2) is 21.6 Å². The zero-order valence-corrected chi connectivity index (χ0v) is 11.6. The Balaban J connectivity index is 2.02. The third-order valence-electron chi connectivity index (χ3n) is 2.22. The average molecular weight is 313 g/mol. The van der Waals surface area contributed by atoms with Crippen molar-refractivity contribution in [3.8, 4) is 0 Å². The second kappa shape index (κ2) is 6.31. The van der Waals surface area contributed by atoms with Crippen molar-refractivity contribution in [2.24, 2.45) is 5.73 Å². The minimum Gasteiger partial charge on any atom is -0.455 e. The number of aromatic nitrogens is 2. The Hall–Kier alpha value is -2.19. The van der Waals surface area contributed by atoms with Crippen molar-refractivity contribution in [3.63, 3.8) is 0 Å². The largest absolute Gasteiger partial charge is 0.455 e. The summed E-state index contributed by atoms with van der Waals surface area (Å²) in [6.45, 7) is -0.0678. The zero-order chi connectivity index (χ0) is 14.5. The number of amides is 2. The number of nitrogens with two attached hydrogens (primary N) is 1. The van der Waals surface area contributed by atoms with E-state index in [-0.39, 0.29) is 12.2 Å². The number of urea groups is 1. The average Bonchev–Trinajstić information content (AvgIpc) is 2.81. The maximum Gasteiger partial charge on any atom is 0.338 e. The van der Waals surface area contributed by atoms with Crippen molar-refractivity contribution in [1.82, 2.24) is 9.59 Å². The minimum absolute atomic E-state index is 0.0678. The Labute approximate surface area is 122 Å². The minimum atomic E-state index is -0.712. The van der Waals surface area contributed by atoms with Crippen LogP contribution in [0, 0.1) is 0 Å². The van der Waals surface area contributed by atoms with E-state index in [2.05, 4.69) is 14.9 Å². The first kappa shape index (κ1) is 14.2. The van der Waals surface area contributed by atoms with E-state index in [0.29, 0.717) is 15.7 Å². The highest BCUT2D eigenvalue weighted by Gasteiger charge is 2.12. The summed E-state index contributed by atoms with van der Waals surface area (Å²) in [6, 6.07) is 5.49. The zero-order valence-electron chi connectivity index (χ0n) is 10.00. The van der Waals surface area contributed by atoms with Gasteiger partial charge in [0.05, 0.1) is 5.56 Å². The van der Waals surface area contributed by atoms with Crippen molar-refractivity contribution in [3.05, 3.63) is 39.9 Å². The van der Waals surface area contributed by atoms with E-state index in [9.17, 15) is 9.59 Å². The molecule has 2 aromatic rings. The SMILES string of the molecule is NC(=O)Nc1cccc(C(=O)OCc2nnsc2Cl)c1. The summed E-state index contributed by atoms with van der Waals surface area (Å²) in [6.07, 6.45) is 0. The van der Waals surface area contributed by atoms with Gasteiger partial charge in [0, 0.05) is 17.2 Å². The molecule has 2 rings (SSSR count). The number of anilines is 1. The molecule has 2 amide bonds. The van der Waals surface area contributed by atoms with E-state index >= 15 is 0 Å². The second-order valence-electron chi connectivity index (χ2n) is 3.64. The van der Waals surface area contributed by atoms with E-state index in [1.54, 1.807) is 18.2 Å². The number of carbonyl (C=O) groups is 2. The number of rotatable bonds is 4. The lowest BCUT2D eigenvalue weighted by Gasteiger charge is -2.05. The Bertz CT molecular complexity index is 646. The van der Waals surface area contributed by atoms with Crippen LogP contribution in [0.15, 0.2) is 24.3 Å². The molecule has 0 radical (unpaired) electrons. The molecule has 3 N–H and O–H groups in total. The van der Waals surface area contributed by atoms with E-state index in [0.717, 1.165) is 11.5 Å². The molecule has 104 valence electrons. The van der Waals surface area contributed by atoms with Crippen LogP contribution in [0.1, 0.15) is 16.1 Å². The molecule has 0 saturated heterocycles. The first-order valence-electron chi connectivity index (χ1n) is 5.36. The number of halogens is 1. The molecule has 9 heteroatoms. The number of hydrogen-bond acceptors (Lipinski definition) is 6. The van der Waals surface area contributed by atoms with Crippen LogP contribution < -0.4 is 11.1 Å². The molecule has 0 fully saturated rings. The lowest BCUT2D eigenvalue weighted by Crippen LogP contribution is -2.19. The van der Waals surface area contributed by atoms with Crippen LogP contribution in [0.4, 0.5) is 10.5 Å². The van der Waals surface area contributed by atoms with Crippen molar-refractivity contribution < 1.29 is 14.3 Å². The van der Waals surface area contributed by atoms with Crippen LogP contribution in [0.2, 0.25) is 4.34 Å². The molecular formula is C11H9ClN4O3S. The van der Waals surface area contributed by atoms with Crippen LogP contribution in [0.25, 0.3) is 0 Å². The summed E-state index contributed by atoms with van der Waals surface area (Å²) in [4.78, 5) is 22.6. The van der Waals surface area contributed by atoms with E-state index in [1.807, 2.05) is 0 Å². The maximum atomic E-state index is 11.8. The predicted molar refractivity (Wildman–Crippen MR) is 73.7 cm³/mol. The molecule has 1 aromatic carbocycles. The first-order valence-corrected chi connectivity index (χ1v) is 6.52. The van der Waals surface area contributed by atoms with Gasteiger partial charge in [0.2, 0.25) is 0 Å². The second-order valence-corrected chi connectivity index (χ2v) is 5.00. The molecule has 1 aromatic heterocycles. The number of hydrogen-bond donors (Lipinski definition) is 2. The summed E-state index contributed by atoms with van der Waals surface area (Å²) < 4.78 is 9.05. The molecular weight excluding hydrogens is 304 g/mol. The van der Waals surface area contributed by atoms with Crippen LogP contribution in [0.5, 0.6) is 0 Å². The van der Waals surface area contributed by atoms with Crippen LogP contribution in [0.3, 0.4) is 0 Å². The predicted octanol–water partition coefficient (Wildman–Crippen LogP) is 2.04. The molecule has 0 spiro atoms. The quantitative estimate of drug-likeness (QED) is 0.840. The van der Waals surface area contributed by atoms with Crippen molar-refractivity contribution in [2.75, 3.05) is 5.32 Å². The number of primary amides is 1. The number of nitrogens with zero attached hydrogens (tertiary/aromatic N) is 2. The number of benzene rings is 1. The normalized spacial score (nSPS) is 10.1. The Kier molecular flexibility index (Phi) is 4.49. The third kappa shape index (κ3) is 3.65. The number of carbonyl (C=O) groups excluding carboxylic acids is 2. The van der Waals surface area contributed by atoms with Gasteiger partial charge in [-0.25, -0.2) is 9.59 Å². The lowest BCUT2D eigenvalue weighted by molar-refractivity contribution is 0.0468. The van der Waals surface area contributed by atoms with Crippen molar-refractivity contribution in [1.29, 1.82) is 0 Å². The number of esters is 1. The first-order chi connectivity index (χ1) is 9.56. The highest BCUT2D eigenvalue weighted by atomic mass is 35.5. The summed E-state index contributed by atoms with van der Waals surface area (Å²) in [5.41, 5.74) is 6.07. The van der Waals surface area contributed by atoms with Gasteiger partial charge in [0.15, 0.2) is 0 Å². The Morgan fingerprint density at radius 1 is 1.45 bits per heavy atom. The van der Waals surface area contributed by atoms with Gasteiger partial charge in [-0.05, 0) is 18.2 Å². The van der Waals surface area contributed by atoms with Gasteiger partial charge >= 0.3 is 12.0 Å². The molecule has 0 aliphatic rings. The molecule has 0 aliphatic heterocycles. The summed E-state index contributed by atoms with van der Waals surface area (Å²) in [5, 5.41) is 6.09. The fraction of sp³-hybridized carbons (Fsp3) is 0.0909. The van der Waals surface area contributed by atoms with E-state index in [1.165, 1.54) is 6.07 Å². The molecule has 0 saturated carbocycles. The molecule has 0 bridgehead atoms. The molecule has 20 heavy (non-hydrogen) atoms. The van der Waals surface area contributed by atoms with Gasteiger partial charge in [-0.15, -0.1) is 5.10 Å². The summed E-state index contributed by atoms with van der Waals surface area (Å²) in [7, 11) is 0. The fourth-order valence-electron chi connectivity index (χ4n) is 1.37. The Morgan fingerprint density at radius 2 is 2.25 bits per heavy atom. The van der Waals surface area contributed by atoms with Crippen LogP contribution >= 0.6 is 23.1 Å². The standard InChI is InChI=1S/C11H9ClN4O3S/c12-9-8(15-16-20-9)5-19-10(17)6-2-1-3-7(4-6)14-11(13)18/h1-4H,5H2,(H3,13,14,18). The van der Waals surface area contributed by atoms with Crippen molar-refractivity contribution >= 4 is 40.8 Å².